The normalized spacial score (nSPS) is 10.2. The van der Waals surface area contributed by atoms with Gasteiger partial charge in [0.1, 0.15) is 0 Å². The predicted molar refractivity (Wildman–Crippen MR) is 84.4 cm³/mol. The van der Waals surface area contributed by atoms with E-state index in [4.69, 9.17) is 22.4 Å². The number of anilines is 2. The van der Waals surface area contributed by atoms with Crippen molar-refractivity contribution in [3.63, 3.8) is 0 Å². The summed E-state index contributed by atoms with van der Waals surface area (Å²) in [5.74, 6) is -1.57. The van der Waals surface area contributed by atoms with Crippen LogP contribution in [0.2, 0.25) is 5.02 Å². The minimum Gasteiger partial charge on any atom is -0.478 e. The Hall–Kier alpha value is -2.05. The van der Waals surface area contributed by atoms with Crippen molar-refractivity contribution in [2.45, 2.75) is 0 Å². The van der Waals surface area contributed by atoms with Crippen LogP contribution in [0.3, 0.4) is 0 Å². The van der Waals surface area contributed by atoms with Crippen molar-refractivity contribution in [3.05, 3.63) is 57.0 Å². The number of primary amides is 1. The van der Waals surface area contributed by atoms with E-state index in [0.717, 1.165) is 0 Å². The smallest absolute Gasteiger partial charge is 0.335 e. The first-order valence-electron chi connectivity index (χ1n) is 5.77. The summed E-state index contributed by atoms with van der Waals surface area (Å²) >= 11 is 9.29. The molecule has 2 rings (SSSR count). The van der Waals surface area contributed by atoms with Gasteiger partial charge in [0.15, 0.2) is 0 Å². The highest BCUT2D eigenvalue weighted by Crippen LogP contribution is 2.29. The first kappa shape index (κ1) is 15.3. The maximum Gasteiger partial charge on any atom is 0.335 e. The molecule has 7 heteroatoms. The first-order valence-corrected chi connectivity index (χ1v) is 6.95. The molecule has 0 aliphatic rings. The molecule has 5 nitrogen and oxygen atoms in total. The van der Waals surface area contributed by atoms with Crippen LogP contribution in [0.25, 0.3) is 0 Å². The lowest BCUT2D eigenvalue weighted by molar-refractivity contribution is 0.0696. The summed E-state index contributed by atoms with van der Waals surface area (Å²) in [4.78, 5) is 22.0. The average molecular weight is 370 g/mol. The molecule has 0 saturated carbocycles. The van der Waals surface area contributed by atoms with E-state index >= 15 is 0 Å². The Morgan fingerprint density at radius 1 is 1.19 bits per heavy atom. The number of nitrogens with two attached hydrogens (primary N) is 1. The molecule has 0 saturated heterocycles. The number of aromatic carboxylic acids is 1. The summed E-state index contributed by atoms with van der Waals surface area (Å²) < 4.78 is 0.554. The fourth-order valence-corrected chi connectivity index (χ4v) is 2.50. The molecule has 0 heterocycles. The number of amides is 1. The van der Waals surface area contributed by atoms with E-state index in [2.05, 4.69) is 21.2 Å². The number of nitrogens with one attached hydrogen (secondary N) is 1. The second-order valence-corrected chi connectivity index (χ2v) is 5.45. The van der Waals surface area contributed by atoms with Gasteiger partial charge in [-0.3, -0.25) is 4.79 Å². The Labute approximate surface area is 133 Å². The molecule has 0 atom stereocenters. The molecule has 0 radical (unpaired) electrons. The molecular formula is C14H10BrClN2O3. The van der Waals surface area contributed by atoms with Gasteiger partial charge >= 0.3 is 5.97 Å². The van der Waals surface area contributed by atoms with Crippen molar-refractivity contribution in [2.75, 3.05) is 5.32 Å². The monoisotopic (exact) mass is 368 g/mol. The zero-order valence-corrected chi connectivity index (χ0v) is 12.9. The van der Waals surface area contributed by atoms with Gasteiger partial charge in [0.05, 0.1) is 21.8 Å². The number of carboxylic acid groups (broad SMARTS) is 1. The lowest BCUT2D eigenvalue weighted by Gasteiger charge is -2.10. The summed E-state index contributed by atoms with van der Waals surface area (Å²) in [6.45, 7) is 0. The van der Waals surface area contributed by atoms with Gasteiger partial charge < -0.3 is 16.2 Å². The summed E-state index contributed by atoms with van der Waals surface area (Å²) in [7, 11) is 0. The highest BCUT2D eigenvalue weighted by atomic mass is 79.9. The van der Waals surface area contributed by atoms with Crippen molar-refractivity contribution in [1.82, 2.24) is 0 Å². The maximum absolute atomic E-state index is 11.1. The predicted octanol–water partition coefficient (Wildman–Crippen LogP) is 3.64. The van der Waals surface area contributed by atoms with Crippen LogP contribution in [0.15, 0.2) is 40.9 Å². The summed E-state index contributed by atoms with van der Waals surface area (Å²) in [6.07, 6.45) is 0. The van der Waals surface area contributed by atoms with Gasteiger partial charge in [-0.1, -0.05) is 11.6 Å². The molecule has 21 heavy (non-hydrogen) atoms. The fourth-order valence-electron chi connectivity index (χ4n) is 1.70. The van der Waals surface area contributed by atoms with Crippen LogP contribution in [-0.4, -0.2) is 17.0 Å². The molecular weight excluding hydrogens is 360 g/mol. The molecule has 0 spiro atoms. The Kier molecular flexibility index (Phi) is 4.50. The van der Waals surface area contributed by atoms with E-state index in [1.807, 2.05) is 0 Å². The Morgan fingerprint density at radius 2 is 1.90 bits per heavy atom. The summed E-state index contributed by atoms with van der Waals surface area (Å²) in [5, 5.41) is 12.2. The molecule has 0 unspecified atom stereocenters. The molecule has 0 fully saturated rings. The van der Waals surface area contributed by atoms with Crippen LogP contribution < -0.4 is 11.1 Å². The van der Waals surface area contributed by atoms with Gasteiger partial charge in [0.25, 0.3) is 0 Å². The van der Waals surface area contributed by atoms with Gasteiger partial charge in [-0.15, -0.1) is 0 Å². The number of benzene rings is 2. The van der Waals surface area contributed by atoms with Crippen LogP contribution in [0.1, 0.15) is 20.7 Å². The number of halogens is 2. The van der Waals surface area contributed by atoms with Crippen LogP contribution in [0.4, 0.5) is 11.4 Å². The third-order valence-electron chi connectivity index (χ3n) is 2.73. The van der Waals surface area contributed by atoms with Gasteiger partial charge in [0.2, 0.25) is 5.91 Å². The number of carbonyl (C=O) groups excluding carboxylic acids is 1. The largest absolute Gasteiger partial charge is 0.478 e. The fraction of sp³-hybridized carbons (Fsp3) is 0. The standard InChI is InChI=1S/C14H10BrClN2O3/c15-10-6-8(2-3-9(10)13(17)19)18-12-4-1-7(14(20)21)5-11(12)16/h1-6,18H,(H2,17,19)(H,20,21). The second kappa shape index (κ2) is 6.15. The van der Waals surface area contributed by atoms with Crippen LogP contribution in [0, 0.1) is 0 Å². The SMILES string of the molecule is NC(=O)c1ccc(Nc2ccc(C(=O)O)cc2Cl)cc1Br. The lowest BCUT2D eigenvalue weighted by Crippen LogP contribution is -2.11. The number of carboxylic acids is 1. The van der Waals surface area contributed by atoms with E-state index in [9.17, 15) is 9.59 Å². The van der Waals surface area contributed by atoms with E-state index in [1.54, 1.807) is 24.3 Å². The van der Waals surface area contributed by atoms with E-state index in [0.29, 0.717) is 21.4 Å². The number of carbonyl (C=O) groups is 2. The molecule has 4 N–H and O–H groups in total. The van der Waals surface area contributed by atoms with Gasteiger partial charge in [-0.2, -0.15) is 0 Å². The van der Waals surface area contributed by atoms with E-state index < -0.39 is 11.9 Å². The minimum atomic E-state index is -1.04. The molecule has 0 aromatic heterocycles. The van der Waals surface area contributed by atoms with E-state index in [-0.39, 0.29) is 10.6 Å². The minimum absolute atomic E-state index is 0.107. The second-order valence-electron chi connectivity index (χ2n) is 4.18. The topological polar surface area (TPSA) is 92.4 Å². The Bertz CT molecular complexity index is 734. The molecule has 2 aromatic rings. The lowest BCUT2D eigenvalue weighted by atomic mass is 10.1. The zero-order valence-electron chi connectivity index (χ0n) is 10.6. The first-order chi connectivity index (χ1) is 9.88. The quantitative estimate of drug-likeness (QED) is 0.767. The van der Waals surface area contributed by atoms with Gasteiger partial charge in [-0.05, 0) is 52.3 Å². The molecule has 0 aliphatic carbocycles. The zero-order chi connectivity index (χ0) is 15.6. The Balaban J connectivity index is 2.28. The molecule has 0 aliphatic heterocycles. The van der Waals surface area contributed by atoms with Crippen LogP contribution in [-0.2, 0) is 0 Å². The Morgan fingerprint density at radius 3 is 2.43 bits per heavy atom. The number of hydrogen-bond acceptors (Lipinski definition) is 3. The average Bonchev–Trinajstić information content (AvgIpc) is 2.40. The molecule has 1 amide bonds. The van der Waals surface area contributed by atoms with Crippen LogP contribution >= 0.6 is 27.5 Å². The summed E-state index contributed by atoms with van der Waals surface area (Å²) in [6, 6.07) is 9.31. The van der Waals surface area contributed by atoms with Crippen molar-refractivity contribution in [1.29, 1.82) is 0 Å². The van der Waals surface area contributed by atoms with Gasteiger partial charge in [-0.25, -0.2) is 4.79 Å². The summed E-state index contributed by atoms with van der Waals surface area (Å²) in [5.41, 5.74) is 6.93. The van der Waals surface area contributed by atoms with E-state index in [1.165, 1.54) is 12.1 Å². The molecule has 2 aromatic carbocycles. The number of rotatable bonds is 4. The van der Waals surface area contributed by atoms with Gasteiger partial charge in [0, 0.05) is 10.2 Å². The third-order valence-corrected chi connectivity index (χ3v) is 3.70. The molecule has 0 bridgehead atoms. The molecule has 108 valence electrons. The third kappa shape index (κ3) is 3.53. The van der Waals surface area contributed by atoms with Crippen molar-refractivity contribution in [3.8, 4) is 0 Å². The number of hydrogen-bond donors (Lipinski definition) is 3. The van der Waals surface area contributed by atoms with Crippen LogP contribution in [0.5, 0.6) is 0 Å². The van der Waals surface area contributed by atoms with Crippen molar-refractivity contribution in [2.24, 2.45) is 5.73 Å². The van der Waals surface area contributed by atoms with Crippen molar-refractivity contribution >= 4 is 50.8 Å². The maximum atomic E-state index is 11.1. The highest BCUT2D eigenvalue weighted by molar-refractivity contribution is 9.10. The van der Waals surface area contributed by atoms with Crippen molar-refractivity contribution < 1.29 is 14.7 Å². The highest BCUT2D eigenvalue weighted by Gasteiger charge is 2.09.